The first-order valence-electron chi connectivity index (χ1n) is 10.2. The number of hydrogen-bond acceptors (Lipinski definition) is 6. The summed E-state index contributed by atoms with van der Waals surface area (Å²) in [6, 6.07) is 4.25. The lowest BCUT2D eigenvalue weighted by Crippen LogP contribution is -2.54. The van der Waals surface area contributed by atoms with Crippen LogP contribution in [0.3, 0.4) is 0 Å². The van der Waals surface area contributed by atoms with Gasteiger partial charge in [0.2, 0.25) is 11.8 Å². The second-order valence-corrected chi connectivity index (χ2v) is 8.30. The number of rotatable bonds is 6. The zero-order chi connectivity index (χ0) is 20.6. The van der Waals surface area contributed by atoms with Gasteiger partial charge >= 0.3 is 0 Å². The minimum Gasteiger partial charge on any atom is -0.330 e. The van der Waals surface area contributed by atoms with Gasteiger partial charge in [-0.1, -0.05) is 25.0 Å². The average Bonchev–Trinajstić information content (AvgIpc) is 3.27. The predicted octanol–water partition coefficient (Wildman–Crippen LogP) is 0.696. The highest BCUT2D eigenvalue weighted by Gasteiger charge is 2.45. The highest BCUT2D eigenvalue weighted by atomic mass is 16.2. The molecule has 0 radical (unpaired) electrons. The summed E-state index contributed by atoms with van der Waals surface area (Å²) < 4.78 is 0. The smallest absolute Gasteiger partial charge is 0.262 e. The molecule has 154 valence electrons. The molecule has 0 aromatic heterocycles. The SMILES string of the molecule is NCC1(CNCc2cccc3c2C(=O)N(C2CCC(=O)NC2=O)C3=O)CCCC1. The molecule has 8 heteroatoms. The Hall–Kier alpha value is -2.58. The Kier molecular flexibility index (Phi) is 5.23. The van der Waals surface area contributed by atoms with E-state index in [1.165, 1.54) is 12.8 Å². The van der Waals surface area contributed by atoms with Crippen molar-refractivity contribution in [2.75, 3.05) is 13.1 Å². The molecule has 0 spiro atoms. The van der Waals surface area contributed by atoms with Crippen LogP contribution in [0.1, 0.15) is 64.8 Å². The molecule has 1 aromatic carbocycles. The van der Waals surface area contributed by atoms with Crippen molar-refractivity contribution in [1.29, 1.82) is 0 Å². The van der Waals surface area contributed by atoms with Gasteiger partial charge in [0.25, 0.3) is 11.8 Å². The summed E-state index contributed by atoms with van der Waals surface area (Å²) in [7, 11) is 0. The third kappa shape index (κ3) is 3.47. The van der Waals surface area contributed by atoms with Crippen LogP contribution in [0.2, 0.25) is 0 Å². The van der Waals surface area contributed by atoms with Gasteiger partial charge in [-0.25, -0.2) is 0 Å². The predicted molar refractivity (Wildman–Crippen MR) is 105 cm³/mol. The first-order valence-corrected chi connectivity index (χ1v) is 10.2. The molecular weight excluding hydrogens is 372 g/mol. The summed E-state index contributed by atoms with van der Waals surface area (Å²) in [6.45, 7) is 1.85. The molecule has 4 N–H and O–H groups in total. The maximum atomic E-state index is 13.1. The van der Waals surface area contributed by atoms with Crippen LogP contribution >= 0.6 is 0 Å². The Labute approximate surface area is 169 Å². The zero-order valence-electron chi connectivity index (χ0n) is 16.3. The lowest BCUT2D eigenvalue weighted by atomic mass is 9.86. The fraction of sp³-hybridized carbons (Fsp3) is 0.524. The molecule has 1 aromatic rings. The molecule has 2 fully saturated rings. The van der Waals surface area contributed by atoms with E-state index in [-0.39, 0.29) is 24.2 Å². The lowest BCUT2D eigenvalue weighted by molar-refractivity contribution is -0.136. The van der Waals surface area contributed by atoms with Gasteiger partial charge in [-0.15, -0.1) is 0 Å². The first kappa shape index (κ1) is 19.7. The van der Waals surface area contributed by atoms with E-state index in [2.05, 4.69) is 10.6 Å². The fourth-order valence-corrected chi connectivity index (χ4v) is 4.77. The van der Waals surface area contributed by atoms with Gasteiger partial charge in [-0.3, -0.25) is 29.4 Å². The molecule has 1 aliphatic carbocycles. The molecule has 29 heavy (non-hydrogen) atoms. The second kappa shape index (κ2) is 7.68. The lowest BCUT2D eigenvalue weighted by Gasteiger charge is -2.28. The largest absolute Gasteiger partial charge is 0.330 e. The third-order valence-corrected chi connectivity index (χ3v) is 6.47. The number of piperidine rings is 1. The molecule has 1 atom stereocenters. The van der Waals surface area contributed by atoms with Crippen LogP contribution in [0.25, 0.3) is 0 Å². The minimum absolute atomic E-state index is 0.108. The van der Waals surface area contributed by atoms with Gasteiger partial charge < -0.3 is 11.1 Å². The quantitative estimate of drug-likeness (QED) is 0.607. The van der Waals surface area contributed by atoms with Crippen molar-refractivity contribution in [1.82, 2.24) is 15.5 Å². The number of benzene rings is 1. The molecule has 1 unspecified atom stereocenters. The zero-order valence-corrected chi connectivity index (χ0v) is 16.3. The van der Waals surface area contributed by atoms with Crippen LogP contribution in [-0.4, -0.2) is 47.7 Å². The van der Waals surface area contributed by atoms with E-state index >= 15 is 0 Å². The number of nitrogens with zero attached hydrogens (tertiary/aromatic N) is 1. The minimum atomic E-state index is -0.945. The maximum absolute atomic E-state index is 13.1. The van der Waals surface area contributed by atoms with Crippen molar-refractivity contribution in [3.63, 3.8) is 0 Å². The summed E-state index contributed by atoms with van der Waals surface area (Å²) >= 11 is 0. The molecule has 1 saturated heterocycles. The van der Waals surface area contributed by atoms with Gasteiger partial charge in [0.1, 0.15) is 6.04 Å². The molecule has 2 aliphatic heterocycles. The van der Waals surface area contributed by atoms with Gasteiger partial charge in [-0.2, -0.15) is 0 Å². The summed E-state index contributed by atoms with van der Waals surface area (Å²) in [5.74, 6) is -1.92. The molecule has 3 aliphatic rings. The monoisotopic (exact) mass is 398 g/mol. The molecule has 8 nitrogen and oxygen atoms in total. The van der Waals surface area contributed by atoms with E-state index in [1.54, 1.807) is 12.1 Å². The van der Waals surface area contributed by atoms with Gasteiger partial charge in [0, 0.05) is 19.5 Å². The van der Waals surface area contributed by atoms with Crippen LogP contribution in [0.15, 0.2) is 18.2 Å². The fourth-order valence-electron chi connectivity index (χ4n) is 4.77. The third-order valence-electron chi connectivity index (χ3n) is 6.47. The maximum Gasteiger partial charge on any atom is 0.262 e. The molecule has 0 bridgehead atoms. The molecule has 1 saturated carbocycles. The molecular formula is C21H26N4O4. The van der Waals surface area contributed by atoms with Gasteiger partial charge in [0.05, 0.1) is 11.1 Å². The standard InChI is InChI=1S/C21H26N4O4/c22-11-21(8-1-2-9-21)12-23-10-13-4-3-5-14-17(13)20(29)25(19(14)28)15-6-7-16(26)24-18(15)27/h3-5,15,23H,1-2,6-12,22H2,(H,24,26,27). The average molecular weight is 398 g/mol. The topological polar surface area (TPSA) is 122 Å². The molecule has 4 amide bonds. The van der Waals surface area contributed by atoms with Crippen LogP contribution in [0, 0.1) is 5.41 Å². The van der Waals surface area contributed by atoms with Crippen LogP contribution < -0.4 is 16.4 Å². The van der Waals surface area contributed by atoms with Gasteiger partial charge in [0.15, 0.2) is 0 Å². The molecule has 4 rings (SSSR count). The van der Waals surface area contributed by atoms with E-state index in [0.29, 0.717) is 24.2 Å². The van der Waals surface area contributed by atoms with Crippen molar-refractivity contribution in [3.8, 4) is 0 Å². The van der Waals surface area contributed by atoms with Crippen molar-refractivity contribution in [3.05, 3.63) is 34.9 Å². The highest BCUT2D eigenvalue weighted by molar-refractivity contribution is 6.24. The van der Waals surface area contributed by atoms with Crippen molar-refractivity contribution >= 4 is 23.6 Å². The first-order chi connectivity index (χ1) is 14.0. The summed E-state index contributed by atoms with van der Waals surface area (Å²) in [4.78, 5) is 50.6. The van der Waals surface area contributed by atoms with Crippen molar-refractivity contribution < 1.29 is 19.2 Å². The van der Waals surface area contributed by atoms with Crippen LogP contribution in [-0.2, 0) is 16.1 Å². The number of nitrogens with two attached hydrogens (primary N) is 1. The highest BCUT2D eigenvalue weighted by Crippen LogP contribution is 2.36. The Morgan fingerprint density at radius 2 is 1.90 bits per heavy atom. The Bertz CT molecular complexity index is 875. The van der Waals surface area contributed by atoms with E-state index in [1.807, 2.05) is 6.07 Å². The summed E-state index contributed by atoms with van der Waals surface area (Å²) in [6.07, 6.45) is 4.84. The number of hydrogen-bond donors (Lipinski definition) is 3. The number of amides is 4. The van der Waals surface area contributed by atoms with E-state index < -0.39 is 23.8 Å². The number of fused-ring (bicyclic) bond motifs is 1. The second-order valence-electron chi connectivity index (χ2n) is 8.30. The Balaban J connectivity index is 1.52. The number of imide groups is 2. The number of carbonyl (C=O) groups excluding carboxylic acids is 4. The number of nitrogens with one attached hydrogen (secondary N) is 2. The van der Waals surface area contributed by atoms with Crippen LogP contribution in [0.4, 0.5) is 0 Å². The Morgan fingerprint density at radius 1 is 1.14 bits per heavy atom. The van der Waals surface area contributed by atoms with Crippen molar-refractivity contribution in [2.24, 2.45) is 11.1 Å². The van der Waals surface area contributed by atoms with Gasteiger partial charge in [-0.05, 0) is 42.9 Å². The summed E-state index contributed by atoms with van der Waals surface area (Å²) in [5.41, 5.74) is 7.50. The van der Waals surface area contributed by atoms with Crippen molar-refractivity contribution in [2.45, 2.75) is 51.1 Å². The molecule has 2 heterocycles. The van der Waals surface area contributed by atoms with Crippen LogP contribution in [0.5, 0.6) is 0 Å². The normalized spacial score (nSPS) is 23.5. The summed E-state index contributed by atoms with van der Waals surface area (Å²) in [5, 5.41) is 5.64. The van der Waals surface area contributed by atoms with E-state index in [4.69, 9.17) is 5.73 Å². The Morgan fingerprint density at radius 3 is 2.59 bits per heavy atom. The van der Waals surface area contributed by atoms with E-state index in [9.17, 15) is 19.2 Å². The number of carbonyl (C=O) groups is 4. The van der Waals surface area contributed by atoms with E-state index in [0.717, 1.165) is 29.8 Å².